The van der Waals surface area contributed by atoms with Gasteiger partial charge in [0.25, 0.3) is 0 Å². The topological polar surface area (TPSA) is 27.7 Å². The summed E-state index contributed by atoms with van der Waals surface area (Å²) in [6, 6.07) is 0. The van der Waals surface area contributed by atoms with Crippen molar-refractivity contribution in [3.63, 3.8) is 0 Å². The minimum absolute atomic E-state index is 0.146. The first-order valence-electron chi connectivity index (χ1n) is 6.43. The van der Waals surface area contributed by atoms with Crippen LogP contribution in [0.5, 0.6) is 0 Å². The molecular weight excluding hydrogens is 215 g/mol. The summed E-state index contributed by atoms with van der Waals surface area (Å²) < 4.78 is 17.8. The zero-order valence-electron chi connectivity index (χ0n) is 11.7. The lowest BCUT2D eigenvalue weighted by Crippen LogP contribution is -2.41. The Morgan fingerprint density at radius 2 is 1.65 bits per heavy atom. The van der Waals surface area contributed by atoms with Gasteiger partial charge in [-0.2, -0.15) is 0 Å². The standard InChI is InChI=1S/C13H23BO3/c1-9-7-11(8-10(2)15-9)14-16-12(3,4)13(5,6)17-14/h7,9-10H,8H2,1-6H3/t9-,10+/m1/s1. The van der Waals surface area contributed by atoms with E-state index in [4.69, 9.17) is 14.0 Å². The Kier molecular flexibility index (Phi) is 3.17. The van der Waals surface area contributed by atoms with Crippen molar-refractivity contribution in [2.45, 2.75) is 71.4 Å². The number of hydrogen-bond donors (Lipinski definition) is 0. The monoisotopic (exact) mass is 238 g/mol. The van der Waals surface area contributed by atoms with E-state index in [1.807, 2.05) is 0 Å². The van der Waals surface area contributed by atoms with Gasteiger partial charge in [-0.15, -0.1) is 0 Å². The molecule has 2 aliphatic rings. The van der Waals surface area contributed by atoms with Gasteiger partial charge in [0.05, 0.1) is 23.4 Å². The fraction of sp³-hybridized carbons (Fsp3) is 0.846. The first kappa shape index (κ1) is 13.1. The van der Waals surface area contributed by atoms with Gasteiger partial charge in [0, 0.05) is 0 Å². The molecule has 0 aromatic heterocycles. The molecule has 0 spiro atoms. The molecule has 96 valence electrons. The predicted molar refractivity (Wildman–Crippen MR) is 68.8 cm³/mol. The van der Waals surface area contributed by atoms with Crippen LogP contribution in [0.1, 0.15) is 48.0 Å². The molecule has 2 rings (SSSR count). The Balaban J connectivity index is 2.16. The minimum atomic E-state index is -0.261. The van der Waals surface area contributed by atoms with E-state index in [2.05, 4.69) is 47.6 Å². The summed E-state index contributed by atoms with van der Waals surface area (Å²) in [7, 11) is -0.214. The second-order valence-electron chi connectivity index (χ2n) is 6.19. The summed E-state index contributed by atoms with van der Waals surface area (Å²) in [6.45, 7) is 12.5. The molecule has 0 amide bonds. The van der Waals surface area contributed by atoms with E-state index in [1.54, 1.807) is 0 Å². The summed E-state index contributed by atoms with van der Waals surface area (Å²) in [6.07, 6.45) is 3.40. The highest BCUT2D eigenvalue weighted by molar-refractivity contribution is 6.54. The molecule has 1 fully saturated rings. The molecule has 0 bridgehead atoms. The molecule has 4 heteroatoms. The second kappa shape index (κ2) is 4.11. The fourth-order valence-electron chi connectivity index (χ4n) is 2.32. The van der Waals surface area contributed by atoms with Crippen LogP contribution < -0.4 is 0 Å². The first-order chi connectivity index (χ1) is 7.71. The van der Waals surface area contributed by atoms with E-state index in [-0.39, 0.29) is 30.5 Å². The van der Waals surface area contributed by atoms with Crippen molar-refractivity contribution in [1.29, 1.82) is 0 Å². The molecule has 3 nitrogen and oxygen atoms in total. The van der Waals surface area contributed by atoms with E-state index in [9.17, 15) is 0 Å². The molecule has 17 heavy (non-hydrogen) atoms. The van der Waals surface area contributed by atoms with Gasteiger partial charge in [-0.25, -0.2) is 0 Å². The normalized spacial score (nSPS) is 35.9. The second-order valence-corrected chi connectivity index (χ2v) is 6.19. The fourth-order valence-corrected chi connectivity index (χ4v) is 2.32. The van der Waals surface area contributed by atoms with Crippen LogP contribution in [0.15, 0.2) is 11.5 Å². The smallest absolute Gasteiger partial charge is 0.400 e. The van der Waals surface area contributed by atoms with Crippen molar-refractivity contribution in [3.8, 4) is 0 Å². The first-order valence-corrected chi connectivity index (χ1v) is 6.43. The third-order valence-electron chi connectivity index (χ3n) is 3.97. The van der Waals surface area contributed by atoms with Crippen molar-refractivity contribution in [1.82, 2.24) is 0 Å². The van der Waals surface area contributed by atoms with Crippen LogP contribution in [0.3, 0.4) is 0 Å². The number of rotatable bonds is 1. The van der Waals surface area contributed by atoms with Crippen molar-refractivity contribution in [2.24, 2.45) is 0 Å². The Morgan fingerprint density at radius 3 is 2.12 bits per heavy atom. The van der Waals surface area contributed by atoms with Crippen molar-refractivity contribution < 1.29 is 14.0 Å². The van der Waals surface area contributed by atoms with E-state index >= 15 is 0 Å². The maximum absolute atomic E-state index is 6.05. The third kappa shape index (κ3) is 2.44. The summed E-state index contributed by atoms with van der Waals surface area (Å²) in [5.41, 5.74) is 0.696. The van der Waals surface area contributed by atoms with Gasteiger partial charge >= 0.3 is 7.12 Å². The quantitative estimate of drug-likeness (QED) is 0.657. The molecule has 2 aliphatic heterocycles. The Bertz CT molecular complexity index is 320. The van der Waals surface area contributed by atoms with Crippen molar-refractivity contribution in [2.75, 3.05) is 0 Å². The van der Waals surface area contributed by atoms with Gasteiger partial charge in [-0.1, -0.05) is 6.08 Å². The zero-order chi connectivity index (χ0) is 12.8. The van der Waals surface area contributed by atoms with Gasteiger partial charge < -0.3 is 14.0 Å². The minimum Gasteiger partial charge on any atom is -0.400 e. The lowest BCUT2D eigenvalue weighted by Gasteiger charge is -2.32. The summed E-state index contributed by atoms with van der Waals surface area (Å²) in [5, 5.41) is 0. The van der Waals surface area contributed by atoms with E-state index in [1.165, 1.54) is 5.47 Å². The Morgan fingerprint density at radius 1 is 1.12 bits per heavy atom. The molecule has 0 aromatic rings. The molecule has 2 heterocycles. The maximum atomic E-state index is 6.05. The predicted octanol–water partition coefficient (Wildman–Crippen LogP) is 2.74. The van der Waals surface area contributed by atoms with Gasteiger partial charge in [0.1, 0.15) is 0 Å². The van der Waals surface area contributed by atoms with Gasteiger partial charge in [-0.05, 0) is 53.4 Å². The van der Waals surface area contributed by atoms with Crippen LogP contribution in [0, 0.1) is 0 Å². The number of ether oxygens (including phenoxy) is 1. The van der Waals surface area contributed by atoms with E-state index in [0.717, 1.165) is 6.42 Å². The SMILES string of the molecule is C[C@@H]1C=C(B2OC(C)(C)C(C)(C)O2)C[C@H](C)O1. The van der Waals surface area contributed by atoms with Crippen LogP contribution in [-0.4, -0.2) is 30.5 Å². The zero-order valence-corrected chi connectivity index (χ0v) is 11.7. The molecule has 0 radical (unpaired) electrons. The maximum Gasteiger partial charge on any atom is 0.490 e. The highest BCUT2D eigenvalue weighted by Gasteiger charge is 2.52. The van der Waals surface area contributed by atoms with Crippen LogP contribution in [-0.2, 0) is 14.0 Å². The summed E-state index contributed by atoms with van der Waals surface area (Å²) >= 11 is 0. The molecule has 0 N–H and O–H groups in total. The third-order valence-corrected chi connectivity index (χ3v) is 3.97. The lowest BCUT2D eigenvalue weighted by molar-refractivity contribution is 0.00578. The van der Waals surface area contributed by atoms with Crippen LogP contribution in [0.25, 0.3) is 0 Å². The van der Waals surface area contributed by atoms with Crippen molar-refractivity contribution in [3.05, 3.63) is 11.5 Å². The molecule has 1 saturated heterocycles. The molecule has 0 aromatic carbocycles. The van der Waals surface area contributed by atoms with E-state index < -0.39 is 0 Å². The van der Waals surface area contributed by atoms with E-state index in [0.29, 0.717) is 0 Å². The molecule has 0 saturated carbocycles. The summed E-state index contributed by atoms with van der Waals surface area (Å²) in [5.74, 6) is 0. The van der Waals surface area contributed by atoms with Gasteiger partial charge in [0.2, 0.25) is 0 Å². The number of hydrogen-bond acceptors (Lipinski definition) is 3. The van der Waals surface area contributed by atoms with Crippen LogP contribution in [0.4, 0.5) is 0 Å². The molecule has 0 unspecified atom stereocenters. The Hall–Kier alpha value is -0.315. The highest BCUT2D eigenvalue weighted by atomic mass is 16.7. The average molecular weight is 238 g/mol. The summed E-state index contributed by atoms with van der Waals surface area (Å²) in [4.78, 5) is 0. The molecular formula is C13H23BO3. The average Bonchev–Trinajstić information content (AvgIpc) is 2.34. The van der Waals surface area contributed by atoms with Gasteiger partial charge in [0.15, 0.2) is 0 Å². The largest absolute Gasteiger partial charge is 0.490 e. The van der Waals surface area contributed by atoms with Crippen LogP contribution >= 0.6 is 0 Å². The lowest BCUT2D eigenvalue weighted by atomic mass is 9.73. The highest BCUT2D eigenvalue weighted by Crippen LogP contribution is 2.40. The Labute approximate surface area is 105 Å². The molecule has 0 aliphatic carbocycles. The molecule has 2 atom stereocenters. The van der Waals surface area contributed by atoms with Crippen molar-refractivity contribution >= 4 is 7.12 Å². The van der Waals surface area contributed by atoms with Crippen LogP contribution in [0.2, 0.25) is 0 Å². The van der Waals surface area contributed by atoms with Gasteiger partial charge in [-0.3, -0.25) is 0 Å².